The zero-order chi connectivity index (χ0) is 16.7. The lowest BCUT2D eigenvalue weighted by atomic mass is 10.1. The number of nitrogens with zero attached hydrogens (tertiary/aromatic N) is 1. The van der Waals surface area contributed by atoms with Gasteiger partial charge < -0.3 is 4.90 Å². The van der Waals surface area contributed by atoms with E-state index >= 15 is 0 Å². The van der Waals surface area contributed by atoms with Crippen LogP contribution in [-0.4, -0.2) is 43.3 Å². The van der Waals surface area contributed by atoms with Crippen LogP contribution in [0.4, 0.5) is 13.2 Å². The Morgan fingerprint density at radius 1 is 1.27 bits per heavy atom. The molecule has 1 aliphatic rings. The van der Waals surface area contributed by atoms with E-state index in [1.807, 2.05) is 0 Å². The fourth-order valence-corrected chi connectivity index (χ4v) is 3.46. The monoisotopic (exact) mass is 335 g/mol. The van der Waals surface area contributed by atoms with Gasteiger partial charge in [-0.1, -0.05) is 0 Å². The van der Waals surface area contributed by atoms with Crippen molar-refractivity contribution in [3.8, 4) is 0 Å². The molecule has 2 rings (SSSR count). The highest BCUT2D eigenvalue weighted by molar-refractivity contribution is 7.90. The van der Waals surface area contributed by atoms with E-state index in [1.54, 1.807) is 6.92 Å². The first-order valence-electron chi connectivity index (χ1n) is 6.75. The van der Waals surface area contributed by atoms with Crippen molar-refractivity contribution in [3.05, 3.63) is 35.1 Å². The Kier molecular flexibility index (Phi) is 4.51. The van der Waals surface area contributed by atoms with Gasteiger partial charge in [0.1, 0.15) is 9.84 Å². The third-order valence-electron chi connectivity index (χ3n) is 3.42. The minimum atomic E-state index is -3.31. The van der Waals surface area contributed by atoms with Crippen molar-refractivity contribution in [2.75, 3.05) is 12.0 Å². The molecular formula is C14H16F3NO3S. The van der Waals surface area contributed by atoms with Gasteiger partial charge in [0.25, 0.3) is 5.91 Å². The first kappa shape index (κ1) is 16.8. The van der Waals surface area contributed by atoms with E-state index in [4.69, 9.17) is 0 Å². The van der Waals surface area contributed by atoms with Crippen LogP contribution in [0.2, 0.25) is 0 Å². The Hall–Kier alpha value is -1.57. The van der Waals surface area contributed by atoms with E-state index in [9.17, 15) is 26.4 Å². The molecule has 4 nitrogen and oxygen atoms in total. The number of carbonyl (C=O) groups excluding carboxylic acids is 1. The van der Waals surface area contributed by atoms with Crippen LogP contribution in [0.5, 0.6) is 0 Å². The lowest BCUT2D eigenvalue weighted by Crippen LogP contribution is -2.43. The predicted molar refractivity (Wildman–Crippen MR) is 74.7 cm³/mol. The van der Waals surface area contributed by atoms with Gasteiger partial charge in [0.2, 0.25) is 0 Å². The number of rotatable bonds is 5. The Balaban J connectivity index is 2.31. The first-order valence-corrected chi connectivity index (χ1v) is 8.81. The minimum Gasteiger partial charge on any atom is -0.332 e. The number of carbonyl (C=O) groups is 1. The fourth-order valence-electron chi connectivity index (χ4n) is 2.43. The van der Waals surface area contributed by atoms with Gasteiger partial charge in [-0.25, -0.2) is 21.6 Å². The number of hydrogen-bond acceptors (Lipinski definition) is 3. The molecule has 0 bridgehead atoms. The maximum absolute atomic E-state index is 13.3. The second-order valence-electron chi connectivity index (χ2n) is 5.64. The van der Waals surface area contributed by atoms with Crippen molar-refractivity contribution in [1.29, 1.82) is 0 Å². The number of halogens is 3. The van der Waals surface area contributed by atoms with Crippen LogP contribution in [0.15, 0.2) is 12.1 Å². The minimum absolute atomic E-state index is 0.152. The Labute approximate surface area is 126 Å². The third-order valence-corrected chi connectivity index (χ3v) is 4.51. The number of hydrogen-bond donors (Lipinski definition) is 0. The quantitative estimate of drug-likeness (QED) is 0.775. The van der Waals surface area contributed by atoms with Crippen molar-refractivity contribution in [1.82, 2.24) is 4.90 Å². The molecule has 0 N–H and O–H groups in total. The smallest absolute Gasteiger partial charge is 0.254 e. The molecule has 1 aromatic carbocycles. The van der Waals surface area contributed by atoms with Crippen LogP contribution < -0.4 is 0 Å². The summed E-state index contributed by atoms with van der Waals surface area (Å²) in [6, 6.07) is 0.471. The van der Waals surface area contributed by atoms with E-state index in [0.29, 0.717) is 25.0 Å². The Morgan fingerprint density at radius 2 is 1.77 bits per heavy atom. The van der Waals surface area contributed by atoms with Crippen molar-refractivity contribution in [2.45, 2.75) is 31.8 Å². The maximum Gasteiger partial charge on any atom is 0.254 e. The highest BCUT2D eigenvalue weighted by Crippen LogP contribution is 2.31. The van der Waals surface area contributed by atoms with E-state index in [-0.39, 0.29) is 17.4 Å². The summed E-state index contributed by atoms with van der Waals surface area (Å²) in [7, 11) is -3.31. The average molecular weight is 335 g/mol. The second kappa shape index (κ2) is 5.91. The number of benzene rings is 1. The van der Waals surface area contributed by atoms with Gasteiger partial charge in [0.15, 0.2) is 17.5 Å². The number of sulfone groups is 1. The SMILES string of the molecule is C[C@H](CS(C)(=O)=O)N(C(=O)c1cc(F)c(F)c(F)c1)C1CC1. The second-order valence-corrected chi connectivity index (χ2v) is 7.82. The summed E-state index contributed by atoms with van der Waals surface area (Å²) >= 11 is 0. The topological polar surface area (TPSA) is 54.5 Å². The van der Waals surface area contributed by atoms with Crippen molar-refractivity contribution in [3.63, 3.8) is 0 Å². The van der Waals surface area contributed by atoms with E-state index in [0.717, 1.165) is 6.26 Å². The van der Waals surface area contributed by atoms with Crippen LogP contribution in [0.25, 0.3) is 0 Å². The summed E-state index contributed by atoms with van der Waals surface area (Å²) in [5.41, 5.74) is -0.330. The summed E-state index contributed by atoms with van der Waals surface area (Å²) in [6.07, 6.45) is 2.45. The highest BCUT2D eigenvalue weighted by Gasteiger charge is 2.37. The molecule has 0 spiro atoms. The molecule has 1 atom stereocenters. The van der Waals surface area contributed by atoms with Crippen molar-refractivity contribution >= 4 is 15.7 Å². The van der Waals surface area contributed by atoms with E-state index in [1.165, 1.54) is 4.90 Å². The van der Waals surface area contributed by atoms with Gasteiger partial charge in [-0.05, 0) is 31.9 Å². The third kappa shape index (κ3) is 3.79. The molecule has 122 valence electrons. The molecule has 8 heteroatoms. The zero-order valence-corrected chi connectivity index (χ0v) is 13.0. The molecule has 0 aliphatic heterocycles. The van der Waals surface area contributed by atoms with Crippen LogP contribution in [-0.2, 0) is 9.84 Å². The van der Waals surface area contributed by atoms with Gasteiger partial charge in [0.05, 0.1) is 5.75 Å². The standard InChI is InChI=1S/C14H16F3NO3S/c1-8(7-22(2,20)21)18(10-3-4-10)14(19)9-5-11(15)13(17)12(16)6-9/h5-6,8,10H,3-4,7H2,1-2H3/t8-/m1/s1. The normalized spacial score (nSPS) is 16.4. The summed E-state index contributed by atoms with van der Waals surface area (Å²) in [4.78, 5) is 13.8. The van der Waals surface area contributed by atoms with Gasteiger partial charge in [-0.2, -0.15) is 0 Å². The molecule has 1 fully saturated rings. The molecule has 0 saturated heterocycles. The number of amides is 1. The van der Waals surface area contributed by atoms with Crippen LogP contribution >= 0.6 is 0 Å². The van der Waals surface area contributed by atoms with E-state index < -0.39 is 39.2 Å². The summed E-state index contributed by atoms with van der Waals surface area (Å²) in [6.45, 7) is 1.56. The molecule has 22 heavy (non-hydrogen) atoms. The average Bonchev–Trinajstić information content (AvgIpc) is 3.17. The highest BCUT2D eigenvalue weighted by atomic mass is 32.2. The Morgan fingerprint density at radius 3 is 2.18 bits per heavy atom. The van der Waals surface area contributed by atoms with Gasteiger partial charge in [-0.15, -0.1) is 0 Å². The van der Waals surface area contributed by atoms with Crippen LogP contribution in [0, 0.1) is 17.5 Å². The molecule has 0 aromatic heterocycles. The predicted octanol–water partition coefficient (Wildman–Crippen LogP) is 2.14. The largest absolute Gasteiger partial charge is 0.332 e. The van der Waals surface area contributed by atoms with Gasteiger partial charge >= 0.3 is 0 Å². The molecule has 1 aromatic rings. The molecule has 1 aliphatic carbocycles. The maximum atomic E-state index is 13.3. The fraction of sp³-hybridized carbons (Fsp3) is 0.500. The molecule has 1 amide bonds. The molecule has 0 unspecified atom stereocenters. The molecule has 1 saturated carbocycles. The zero-order valence-electron chi connectivity index (χ0n) is 12.1. The summed E-state index contributed by atoms with van der Waals surface area (Å²) < 4.78 is 62.3. The molecule has 0 radical (unpaired) electrons. The van der Waals surface area contributed by atoms with Gasteiger partial charge in [-0.3, -0.25) is 4.79 Å². The van der Waals surface area contributed by atoms with Gasteiger partial charge in [0, 0.05) is 23.9 Å². The van der Waals surface area contributed by atoms with Crippen LogP contribution in [0.1, 0.15) is 30.1 Å². The van der Waals surface area contributed by atoms with Crippen LogP contribution in [0.3, 0.4) is 0 Å². The lowest BCUT2D eigenvalue weighted by molar-refractivity contribution is 0.0691. The summed E-state index contributed by atoms with van der Waals surface area (Å²) in [5.74, 6) is -5.48. The lowest BCUT2D eigenvalue weighted by Gasteiger charge is -2.29. The van der Waals surface area contributed by atoms with Crippen molar-refractivity contribution in [2.24, 2.45) is 0 Å². The van der Waals surface area contributed by atoms with E-state index in [2.05, 4.69) is 0 Å². The van der Waals surface area contributed by atoms with Crippen molar-refractivity contribution < 1.29 is 26.4 Å². The first-order chi connectivity index (χ1) is 10.1. The molecular weight excluding hydrogens is 319 g/mol. The molecule has 0 heterocycles. The Bertz CT molecular complexity index is 678. The summed E-state index contributed by atoms with van der Waals surface area (Å²) in [5, 5.41) is 0.